The van der Waals surface area contributed by atoms with E-state index in [0.29, 0.717) is 25.4 Å². The van der Waals surface area contributed by atoms with Crippen molar-refractivity contribution in [1.29, 1.82) is 0 Å². The molecule has 1 aromatic carbocycles. The summed E-state index contributed by atoms with van der Waals surface area (Å²) in [6.45, 7) is 5.51. The first kappa shape index (κ1) is 21.7. The molecule has 2 heterocycles. The van der Waals surface area contributed by atoms with Crippen molar-refractivity contribution >= 4 is 24.2 Å². The van der Waals surface area contributed by atoms with Gasteiger partial charge in [-0.3, -0.25) is 9.59 Å². The lowest BCUT2D eigenvalue weighted by Crippen LogP contribution is -2.52. The Morgan fingerprint density at radius 2 is 1.85 bits per heavy atom. The molecule has 1 aromatic rings. The normalized spacial score (nSPS) is 23.4. The second-order valence-corrected chi connectivity index (χ2v) is 7.73. The lowest BCUT2D eigenvalue weighted by molar-refractivity contribution is -0.136. The van der Waals surface area contributed by atoms with E-state index in [-0.39, 0.29) is 36.2 Å². The van der Waals surface area contributed by atoms with Gasteiger partial charge in [0.2, 0.25) is 11.8 Å². The molecule has 5 nitrogen and oxygen atoms in total. The van der Waals surface area contributed by atoms with E-state index in [0.717, 1.165) is 38.8 Å². The smallest absolute Gasteiger partial charge is 0.223 e. The number of amides is 2. The lowest BCUT2D eigenvalue weighted by Gasteiger charge is -2.34. The summed E-state index contributed by atoms with van der Waals surface area (Å²) in [5.74, 6) is 0.946. The van der Waals surface area contributed by atoms with Gasteiger partial charge in [0.15, 0.2) is 0 Å². The van der Waals surface area contributed by atoms with Gasteiger partial charge >= 0.3 is 0 Å². The Bertz CT molecular complexity index is 603. The zero-order valence-corrected chi connectivity index (χ0v) is 17.0. The Labute approximate surface area is 168 Å². The van der Waals surface area contributed by atoms with Gasteiger partial charge in [-0.15, -0.1) is 12.4 Å². The van der Waals surface area contributed by atoms with E-state index < -0.39 is 0 Å². The highest BCUT2D eigenvalue weighted by Gasteiger charge is 2.30. The second kappa shape index (κ2) is 10.7. The van der Waals surface area contributed by atoms with E-state index in [2.05, 4.69) is 29.7 Å². The van der Waals surface area contributed by atoms with Gasteiger partial charge in [-0.25, -0.2) is 0 Å². The standard InChI is InChI=1S/C21H31N3O2.ClH/c1-16-9-12-22-15-19(16)23-21(26)18-10-13-24(14-11-18)20(25)8-7-17-5-3-2-4-6-17;/h2-6,16,18-19,22H,7-15H2,1H3,(H,23,26);1H. The summed E-state index contributed by atoms with van der Waals surface area (Å²) in [5.41, 5.74) is 1.20. The minimum Gasteiger partial charge on any atom is -0.352 e. The Hall–Kier alpha value is -1.59. The van der Waals surface area contributed by atoms with Crippen molar-refractivity contribution in [3.63, 3.8) is 0 Å². The maximum Gasteiger partial charge on any atom is 0.223 e. The number of likely N-dealkylation sites (tertiary alicyclic amines) is 1. The van der Waals surface area contributed by atoms with Crippen LogP contribution < -0.4 is 10.6 Å². The van der Waals surface area contributed by atoms with Gasteiger partial charge in [0, 0.05) is 38.0 Å². The van der Waals surface area contributed by atoms with Crippen LogP contribution >= 0.6 is 12.4 Å². The molecule has 2 saturated heterocycles. The Morgan fingerprint density at radius 1 is 1.15 bits per heavy atom. The molecule has 2 amide bonds. The van der Waals surface area contributed by atoms with Gasteiger partial charge in [0.05, 0.1) is 0 Å². The molecule has 2 N–H and O–H groups in total. The molecule has 150 valence electrons. The predicted molar refractivity (Wildman–Crippen MR) is 110 cm³/mol. The minimum absolute atomic E-state index is 0. The fraction of sp³-hybridized carbons (Fsp3) is 0.619. The first-order valence-electron chi connectivity index (χ1n) is 9.96. The summed E-state index contributed by atoms with van der Waals surface area (Å²) in [6, 6.07) is 10.4. The Morgan fingerprint density at radius 3 is 2.52 bits per heavy atom. The third-order valence-electron chi connectivity index (χ3n) is 5.84. The summed E-state index contributed by atoms with van der Waals surface area (Å²) in [6.07, 6.45) is 3.99. The number of benzene rings is 1. The van der Waals surface area contributed by atoms with E-state index >= 15 is 0 Å². The molecule has 2 aliphatic heterocycles. The van der Waals surface area contributed by atoms with Gasteiger partial charge in [-0.05, 0) is 43.7 Å². The van der Waals surface area contributed by atoms with Crippen LogP contribution in [0.15, 0.2) is 30.3 Å². The third-order valence-corrected chi connectivity index (χ3v) is 5.84. The zero-order valence-electron chi connectivity index (χ0n) is 16.2. The van der Waals surface area contributed by atoms with Crippen molar-refractivity contribution in [2.24, 2.45) is 11.8 Å². The Balaban J connectivity index is 0.00000261. The number of hydrogen-bond acceptors (Lipinski definition) is 3. The molecular formula is C21H32ClN3O2. The van der Waals surface area contributed by atoms with Crippen molar-refractivity contribution in [3.05, 3.63) is 35.9 Å². The van der Waals surface area contributed by atoms with Crippen molar-refractivity contribution in [3.8, 4) is 0 Å². The first-order chi connectivity index (χ1) is 12.6. The highest BCUT2D eigenvalue weighted by molar-refractivity contribution is 5.85. The van der Waals surface area contributed by atoms with Crippen molar-refractivity contribution in [2.75, 3.05) is 26.2 Å². The maximum atomic E-state index is 12.6. The van der Waals surface area contributed by atoms with Gasteiger partial charge in [0.25, 0.3) is 0 Å². The number of nitrogens with one attached hydrogen (secondary N) is 2. The van der Waals surface area contributed by atoms with Crippen LogP contribution in [0.4, 0.5) is 0 Å². The minimum atomic E-state index is 0. The predicted octanol–water partition coefficient (Wildman–Crippen LogP) is 2.39. The SMILES string of the molecule is CC1CCNCC1NC(=O)C1CCN(C(=O)CCc2ccccc2)CC1.Cl. The Kier molecular flexibility index (Phi) is 8.58. The fourth-order valence-corrected chi connectivity index (χ4v) is 3.93. The fourth-order valence-electron chi connectivity index (χ4n) is 3.93. The van der Waals surface area contributed by atoms with Crippen molar-refractivity contribution in [1.82, 2.24) is 15.5 Å². The summed E-state index contributed by atoms with van der Waals surface area (Å²) < 4.78 is 0. The van der Waals surface area contributed by atoms with Crippen LogP contribution in [0.3, 0.4) is 0 Å². The summed E-state index contributed by atoms with van der Waals surface area (Å²) in [4.78, 5) is 26.9. The zero-order chi connectivity index (χ0) is 18.4. The third kappa shape index (κ3) is 6.22. The molecule has 3 rings (SSSR count). The first-order valence-corrected chi connectivity index (χ1v) is 9.96. The van der Waals surface area contributed by atoms with Gasteiger partial charge < -0.3 is 15.5 Å². The molecular weight excluding hydrogens is 362 g/mol. The molecule has 2 fully saturated rings. The van der Waals surface area contributed by atoms with Crippen LogP contribution in [-0.4, -0.2) is 48.9 Å². The number of aryl methyl sites for hydroxylation is 1. The lowest BCUT2D eigenvalue weighted by atomic mass is 9.91. The van der Waals surface area contributed by atoms with E-state index in [1.54, 1.807) is 0 Å². The van der Waals surface area contributed by atoms with Gasteiger partial charge in [-0.1, -0.05) is 37.3 Å². The molecule has 0 spiro atoms. The largest absolute Gasteiger partial charge is 0.352 e. The number of hydrogen-bond donors (Lipinski definition) is 2. The number of carbonyl (C=O) groups is 2. The highest BCUT2D eigenvalue weighted by atomic mass is 35.5. The summed E-state index contributed by atoms with van der Waals surface area (Å²) in [7, 11) is 0. The van der Waals surface area contributed by atoms with E-state index in [9.17, 15) is 9.59 Å². The molecule has 2 aliphatic rings. The molecule has 0 aliphatic carbocycles. The topological polar surface area (TPSA) is 61.4 Å². The molecule has 2 unspecified atom stereocenters. The van der Waals surface area contributed by atoms with Crippen LogP contribution in [0.25, 0.3) is 0 Å². The van der Waals surface area contributed by atoms with E-state index in [1.165, 1.54) is 5.56 Å². The van der Waals surface area contributed by atoms with Crippen LogP contribution in [0.2, 0.25) is 0 Å². The summed E-state index contributed by atoms with van der Waals surface area (Å²) in [5, 5.41) is 6.58. The number of piperidine rings is 2. The van der Waals surface area contributed by atoms with Crippen LogP contribution in [-0.2, 0) is 16.0 Å². The number of halogens is 1. The summed E-state index contributed by atoms with van der Waals surface area (Å²) >= 11 is 0. The average Bonchev–Trinajstić information content (AvgIpc) is 2.69. The van der Waals surface area contributed by atoms with E-state index in [4.69, 9.17) is 0 Å². The molecule has 2 atom stereocenters. The van der Waals surface area contributed by atoms with E-state index in [1.807, 2.05) is 23.1 Å². The quantitative estimate of drug-likeness (QED) is 0.807. The number of rotatable bonds is 5. The molecule has 6 heteroatoms. The number of carbonyl (C=O) groups excluding carboxylic acids is 2. The molecule has 0 saturated carbocycles. The van der Waals surface area contributed by atoms with Crippen molar-refractivity contribution in [2.45, 2.75) is 45.1 Å². The number of nitrogens with zero attached hydrogens (tertiary/aromatic N) is 1. The highest BCUT2D eigenvalue weighted by Crippen LogP contribution is 2.20. The molecule has 27 heavy (non-hydrogen) atoms. The van der Waals surface area contributed by atoms with Crippen LogP contribution in [0.5, 0.6) is 0 Å². The molecule has 0 radical (unpaired) electrons. The average molecular weight is 394 g/mol. The second-order valence-electron chi connectivity index (χ2n) is 7.73. The monoisotopic (exact) mass is 393 g/mol. The van der Waals surface area contributed by atoms with Crippen LogP contribution in [0.1, 0.15) is 38.2 Å². The van der Waals surface area contributed by atoms with Crippen molar-refractivity contribution < 1.29 is 9.59 Å². The van der Waals surface area contributed by atoms with Gasteiger partial charge in [0.1, 0.15) is 0 Å². The van der Waals surface area contributed by atoms with Crippen LogP contribution in [0, 0.1) is 11.8 Å². The molecule has 0 aromatic heterocycles. The maximum absolute atomic E-state index is 12.6. The van der Waals surface area contributed by atoms with Gasteiger partial charge in [-0.2, -0.15) is 0 Å². The molecule has 0 bridgehead atoms.